The summed E-state index contributed by atoms with van der Waals surface area (Å²) in [5.41, 5.74) is -1.00. The molecule has 1 rings (SSSR count). The minimum atomic E-state index is -3.43. The summed E-state index contributed by atoms with van der Waals surface area (Å²) in [6.45, 7) is -2.44. The molecule has 0 saturated heterocycles. The summed E-state index contributed by atoms with van der Waals surface area (Å²) >= 11 is 0. The van der Waals surface area contributed by atoms with Gasteiger partial charge in [-0.2, -0.15) is 5.26 Å². The maximum absolute atomic E-state index is 13.2. The van der Waals surface area contributed by atoms with Gasteiger partial charge < -0.3 is 10.4 Å². The highest BCUT2D eigenvalue weighted by Crippen LogP contribution is 2.21. The highest BCUT2D eigenvalue weighted by atomic mass is 19.3. The van der Waals surface area contributed by atoms with E-state index in [-0.39, 0.29) is 0 Å². The summed E-state index contributed by atoms with van der Waals surface area (Å²) in [6.07, 6.45) is 0. The van der Waals surface area contributed by atoms with Gasteiger partial charge in [-0.05, 0) is 12.1 Å². The van der Waals surface area contributed by atoms with Crippen molar-refractivity contribution in [3.63, 3.8) is 0 Å². The van der Waals surface area contributed by atoms with Gasteiger partial charge in [0, 0.05) is 0 Å². The second kappa shape index (κ2) is 5.01. The number of rotatable bonds is 4. The molecule has 0 spiro atoms. The van der Waals surface area contributed by atoms with Crippen molar-refractivity contribution in [2.45, 2.75) is 5.92 Å². The van der Waals surface area contributed by atoms with Crippen molar-refractivity contribution in [3.8, 4) is 6.07 Å². The Labute approximate surface area is 94.3 Å². The van der Waals surface area contributed by atoms with Crippen molar-refractivity contribution >= 4 is 5.69 Å². The lowest BCUT2D eigenvalue weighted by Crippen LogP contribution is -2.31. The monoisotopic (exact) mass is 248 g/mol. The molecule has 7 heteroatoms. The molecule has 0 amide bonds. The average Bonchev–Trinajstić information content (AvgIpc) is 2.31. The molecule has 1 aromatic rings. The zero-order valence-electron chi connectivity index (χ0n) is 8.48. The smallest absolute Gasteiger partial charge is 0.287 e. The maximum Gasteiger partial charge on any atom is 0.287 e. The Kier molecular flexibility index (Phi) is 3.91. The van der Waals surface area contributed by atoms with E-state index in [1.54, 1.807) is 0 Å². The van der Waals surface area contributed by atoms with Crippen LogP contribution in [0, 0.1) is 23.0 Å². The van der Waals surface area contributed by atoms with Crippen molar-refractivity contribution in [3.05, 3.63) is 29.3 Å². The topological polar surface area (TPSA) is 56.0 Å². The number of nitriles is 1. The van der Waals surface area contributed by atoms with E-state index in [0.717, 1.165) is 12.1 Å². The van der Waals surface area contributed by atoms with Crippen LogP contribution in [0.2, 0.25) is 0 Å². The number of hydrogen-bond donors (Lipinski definition) is 2. The van der Waals surface area contributed by atoms with E-state index in [4.69, 9.17) is 10.4 Å². The van der Waals surface area contributed by atoms with Crippen LogP contribution in [0.5, 0.6) is 0 Å². The number of alkyl halides is 2. The lowest BCUT2D eigenvalue weighted by molar-refractivity contribution is -0.0373. The van der Waals surface area contributed by atoms with Crippen LogP contribution < -0.4 is 5.32 Å². The number of hydrogen-bond acceptors (Lipinski definition) is 3. The average molecular weight is 248 g/mol. The van der Waals surface area contributed by atoms with Gasteiger partial charge in [0.05, 0.1) is 17.8 Å². The number of benzene rings is 1. The van der Waals surface area contributed by atoms with Crippen LogP contribution in [0.25, 0.3) is 0 Å². The summed E-state index contributed by atoms with van der Waals surface area (Å²) < 4.78 is 51.6. The van der Waals surface area contributed by atoms with Crippen molar-refractivity contribution in [1.82, 2.24) is 0 Å². The van der Waals surface area contributed by atoms with Gasteiger partial charge in [-0.25, -0.2) is 17.6 Å². The highest BCUT2D eigenvalue weighted by Gasteiger charge is 2.28. The third-order valence-corrected chi connectivity index (χ3v) is 1.97. The molecule has 2 N–H and O–H groups in total. The van der Waals surface area contributed by atoms with Crippen LogP contribution in [0.3, 0.4) is 0 Å². The van der Waals surface area contributed by atoms with Crippen LogP contribution >= 0.6 is 0 Å². The Hall–Kier alpha value is -1.81. The predicted octanol–water partition coefficient (Wildman–Crippen LogP) is 1.88. The van der Waals surface area contributed by atoms with Crippen LogP contribution in [-0.4, -0.2) is 24.2 Å². The van der Waals surface area contributed by atoms with Gasteiger partial charge in [0.25, 0.3) is 5.92 Å². The molecule has 0 aliphatic heterocycles. The fourth-order valence-electron chi connectivity index (χ4n) is 1.05. The standard InChI is InChI=1S/C10H8F4N2O/c11-8-6(3-15)1-2-7(9(8)12)16-4-10(13,14)5-17/h1-2,16-17H,4-5H2. The summed E-state index contributed by atoms with van der Waals surface area (Å²) in [6, 6.07) is 3.36. The first-order valence-electron chi connectivity index (χ1n) is 4.52. The molecule has 0 heterocycles. The third kappa shape index (κ3) is 3.07. The Morgan fingerprint density at radius 1 is 1.29 bits per heavy atom. The van der Waals surface area contributed by atoms with Gasteiger partial charge in [-0.15, -0.1) is 0 Å². The number of nitrogens with zero attached hydrogens (tertiary/aromatic N) is 1. The SMILES string of the molecule is N#Cc1ccc(NCC(F)(F)CO)c(F)c1F. The molecule has 17 heavy (non-hydrogen) atoms. The van der Waals surface area contributed by atoms with E-state index in [2.05, 4.69) is 0 Å². The Bertz CT molecular complexity index is 456. The largest absolute Gasteiger partial charge is 0.390 e. The first-order chi connectivity index (χ1) is 7.91. The number of halogens is 4. The van der Waals surface area contributed by atoms with Crippen molar-refractivity contribution in [2.75, 3.05) is 18.5 Å². The zero-order valence-corrected chi connectivity index (χ0v) is 8.48. The molecule has 92 valence electrons. The lowest BCUT2D eigenvalue weighted by atomic mass is 10.2. The molecule has 0 aromatic heterocycles. The molecular weight excluding hydrogens is 240 g/mol. The minimum absolute atomic E-state index is 0.491. The number of nitrogens with one attached hydrogen (secondary N) is 1. The number of aliphatic hydroxyl groups excluding tert-OH is 1. The molecule has 0 fully saturated rings. The highest BCUT2D eigenvalue weighted by molar-refractivity contribution is 5.49. The lowest BCUT2D eigenvalue weighted by Gasteiger charge is -2.15. The minimum Gasteiger partial charge on any atom is -0.390 e. The van der Waals surface area contributed by atoms with Crippen molar-refractivity contribution in [2.24, 2.45) is 0 Å². The molecule has 0 aliphatic carbocycles. The van der Waals surface area contributed by atoms with E-state index in [1.807, 2.05) is 5.32 Å². The van der Waals surface area contributed by atoms with E-state index >= 15 is 0 Å². The van der Waals surface area contributed by atoms with Gasteiger partial charge in [0.2, 0.25) is 0 Å². The molecular formula is C10H8F4N2O. The molecule has 3 nitrogen and oxygen atoms in total. The molecule has 0 unspecified atom stereocenters. The Morgan fingerprint density at radius 3 is 2.47 bits per heavy atom. The van der Waals surface area contributed by atoms with Crippen LogP contribution in [0.4, 0.5) is 23.2 Å². The first-order valence-corrected chi connectivity index (χ1v) is 4.52. The maximum atomic E-state index is 13.2. The summed E-state index contributed by atoms with van der Waals surface area (Å²) in [4.78, 5) is 0. The van der Waals surface area contributed by atoms with Crippen molar-refractivity contribution in [1.29, 1.82) is 5.26 Å². The fourth-order valence-corrected chi connectivity index (χ4v) is 1.05. The van der Waals surface area contributed by atoms with Crippen LogP contribution in [0.15, 0.2) is 12.1 Å². The first kappa shape index (κ1) is 13.3. The predicted molar refractivity (Wildman–Crippen MR) is 51.6 cm³/mol. The molecule has 0 atom stereocenters. The molecule has 0 aliphatic rings. The molecule has 0 bridgehead atoms. The van der Waals surface area contributed by atoms with Crippen LogP contribution in [-0.2, 0) is 0 Å². The van der Waals surface area contributed by atoms with Gasteiger partial charge >= 0.3 is 0 Å². The molecule has 0 radical (unpaired) electrons. The van der Waals surface area contributed by atoms with Gasteiger partial charge in [-0.3, -0.25) is 0 Å². The third-order valence-electron chi connectivity index (χ3n) is 1.97. The Balaban J connectivity index is 2.88. The second-order valence-corrected chi connectivity index (χ2v) is 3.27. The second-order valence-electron chi connectivity index (χ2n) is 3.27. The van der Waals surface area contributed by atoms with Gasteiger partial charge in [0.15, 0.2) is 11.6 Å². The number of aliphatic hydroxyl groups is 1. The van der Waals surface area contributed by atoms with Crippen LogP contribution in [0.1, 0.15) is 5.56 Å². The van der Waals surface area contributed by atoms with Gasteiger partial charge in [0.1, 0.15) is 12.7 Å². The normalized spacial score (nSPS) is 11.1. The van der Waals surface area contributed by atoms with Gasteiger partial charge in [-0.1, -0.05) is 0 Å². The van der Waals surface area contributed by atoms with E-state index in [9.17, 15) is 17.6 Å². The van der Waals surface area contributed by atoms with E-state index in [0.29, 0.717) is 0 Å². The zero-order chi connectivity index (χ0) is 13.1. The molecule has 1 aromatic carbocycles. The fraction of sp³-hybridized carbons (Fsp3) is 0.300. The van der Waals surface area contributed by atoms with E-state index < -0.39 is 42.0 Å². The summed E-state index contributed by atoms with van der Waals surface area (Å²) in [5, 5.41) is 18.6. The Morgan fingerprint density at radius 2 is 1.94 bits per heavy atom. The van der Waals surface area contributed by atoms with Crippen molar-refractivity contribution < 1.29 is 22.7 Å². The quantitative estimate of drug-likeness (QED) is 0.800. The summed E-state index contributed by atoms with van der Waals surface area (Å²) in [7, 11) is 0. The van der Waals surface area contributed by atoms with E-state index in [1.165, 1.54) is 6.07 Å². The summed E-state index contributed by atoms with van der Waals surface area (Å²) in [5.74, 6) is -6.24. The molecule has 0 saturated carbocycles. The number of anilines is 1.